The Balaban J connectivity index is 1.70. The summed E-state index contributed by atoms with van der Waals surface area (Å²) in [6.45, 7) is 0.786. The van der Waals surface area contributed by atoms with Gasteiger partial charge in [0, 0.05) is 24.0 Å². The number of benzene rings is 1. The first-order chi connectivity index (χ1) is 10.6. The molecule has 1 saturated heterocycles. The molecule has 1 aromatic carbocycles. The van der Waals surface area contributed by atoms with Crippen LogP contribution in [0.2, 0.25) is 5.02 Å². The summed E-state index contributed by atoms with van der Waals surface area (Å²) < 4.78 is 32.4. The van der Waals surface area contributed by atoms with E-state index in [1.54, 1.807) is 36.7 Å². The molecule has 1 aliphatic rings. The zero-order chi connectivity index (χ0) is 15.6. The van der Waals surface area contributed by atoms with Gasteiger partial charge in [0.1, 0.15) is 11.9 Å². The fraction of sp³-hybridized carbons (Fsp3) is 0.267. The Hall–Kier alpha value is -1.63. The lowest BCUT2D eigenvalue weighted by Crippen LogP contribution is -2.31. The highest BCUT2D eigenvalue weighted by atomic mass is 35.5. The molecule has 1 unspecified atom stereocenters. The molecule has 2 aromatic rings. The van der Waals surface area contributed by atoms with Crippen LogP contribution in [0.5, 0.6) is 5.75 Å². The standard InChI is InChI=1S/C15H15ClN2O3S/c16-12-1-3-15(4-2-12)22(19,20)18-10-7-14(11-18)21-13-5-8-17-9-6-13/h1-6,8-9,14H,7,10-11H2. The first-order valence-corrected chi connectivity index (χ1v) is 8.70. The largest absolute Gasteiger partial charge is 0.489 e. The molecule has 1 fully saturated rings. The van der Waals surface area contributed by atoms with Crippen LogP contribution in [-0.4, -0.2) is 36.9 Å². The van der Waals surface area contributed by atoms with Crippen molar-refractivity contribution in [3.8, 4) is 5.75 Å². The van der Waals surface area contributed by atoms with Crippen LogP contribution in [0.3, 0.4) is 0 Å². The Kier molecular flexibility index (Phi) is 4.33. The molecule has 2 heterocycles. The highest BCUT2D eigenvalue weighted by Gasteiger charge is 2.33. The molecule has 3 rings (SSSR count). The molecule has 1 atom stereocenters. The van der Waals surface area contributed by atoms with Crippen LogP contribution in [0.1, 0.15) is 6.42 Å². The van der Waals surface area contributed by atoms with E-state index < -0.39 is 10.0 Å². The van der Waals surface area contributed by atoms with Crippen LogP contribution >= 0.6 is 11.6 Å². The lowest BCUT2D eigenvalue weighted by atomic mass is 10.3. The Morgan fingerprint density at radius 1 is 1.14 bits per heavy atom. The van der Waals surface area contributed by atoms with Crippen LogP contribution in [-0.2, 0) is 10.0 Å². The smallest absolute Gasteiger partial charge is 0.243 e. The number of sulfonamides is 1. The van der Waals surface area contributed by atoms with E-state index in [-0.39, 0.29) is 11.0 Å². The van der Waals surface area contributed by atoms with Crippen molar-refractivity contribution in [3.05, 3.63) is 53.8 Å². The molecule has 0 spiro atoms. The van der Waals surface area contributed by atoms with Gasteiger partial charge in [0.05, 0.1) is 11.4 Å². The maximum absolute atomic E-state index is 12.6. The third-order valence-corrected chi connectivity index (χ3v) is 5.64. The van der Waals surface area contributed by atoms with Gasteiger partial charge in [-0.05, 0) is 42.8 Å². The number of ether oxygens (including phenoxy) is 1. The maximum Gasteiger partial charge on any atom is 0.243 e. The summed E-state index contributed by atoms with van der Waals surface area (Å²) in [6, 6.07) is 9.72. The average Bonchev–Trinajstić information content (AvgIpc) is 2.98. The molecule has 5 nitrogen and oxygen atoms in total. The predicted octanol–water partition coefficient (Wildman–Crippen LogP) is 2.58. The van der Waals surface area contributed by atoms with Gasteiger partial charge in [-0.15, -0.1) is 0 Å². The van der Waals surface area contributed by atoms with Gasteiger partial charge >= 0.3 is 0 Å². The molecular weight excluding hydrogens is 324 g/mol. The number of halogens is 1. The normalized spacial score (nSPS) is 19.2. The number of rotatable bonds is 4. The van der Waals surface area contributed by atoms with Crippen LogP contribution < -0.4 is 4.74 Å². The predicted molar refractivity (Wildman–Crippen MR) is 83.5 cm³/mol. The highest BCUT2D eigenvalue weighted by molar-refractivity contribution is 7.89. The van der Waals surface area contributed by atoms with E-state index in [4.69, 9.17) is 16.3 Å². The molecule has 7 heteroatoms. The maximum atomic E-state index is 12.6. The van der Waals surface area contributed by atoms with Crippen LogP contribution in [0.15, 0.2) is 53.7 Å². The van der Waals surface area contributed by atoms with Gasteiger partial charge in [-0.25, -0.2) is 8.42 Å². The van der Waals surface area contributed by atoms with Crippen molar-refractivity contribution in [2.45, 2.75) is 17.4 Å². The van der Waals surface area contributed by atoms with Crippen molar-refractivity contribution in [1.82, 2.24) is 9.29 Å². The molecule has 1 aliphatic heterocycles. The minimum absolute atomic E-state index is 0.149. The number of nitrogens with zero attached hydrogens (tertiary/aromatic N) is 2. The van der Waals surface area contributed by atoms with Crippen molar-refractivity contribution in [2.75, 3.05) is 13.1 Å². The van der Waals surface area contributed by atoms with E-state index in [1.165, 1.54) is 16.4 Å². The third kappa shape index (κ3) is 3.24. The highest BCUT2D eigenvalue weighted by Crippen LogP contribution is 2.24. The summed E-state index contributed by atoms with van der Waals surface area (Å²) in [5, 5.41) is 0.513. The molecule has 0 N–H and O–H groups in total. The number of pyridine rings is 1. The molecular formula is C15H15ClN2O3S. The van der Waals surface area contributed by atoms with E-state index >= 15 is 0 Å². The quantitative estimate of drug-likeness (QED) is 0.859. The van der Waals surface area contributed by atoms with E-state index in [1.807, 2.05) is 0 Å². The molecule has 0 amide bonds. The summed E-state index contributed by atoms with van der Waals surface area (Å²) in [6.07, 6.45) is 3.80. The van der Waals surface area contributed by atoms with Gasteiger partial charge in [0.2, 0.25) is 10.0 Å². The van der Waals surface area contributed by atoms with Gasteiger partial charge in [0.15, 0.2) is 0 Å². The SMILES string of the molecule is O=S(=O)(c1ccc(Cl)cc1)N1CCC(Oc2ccncc2)C1. The minimum Gasteiger partial charge on any atom is -0.489 e. The van der Waals surface area contributed by atoms with E-state index in [0.29, 0.717) is 30.3 Å². The molecule has 22 heavy (non-hydrogen) atoms. The van der Waals surface area contributed by atoms with Crippen LogP contribution in [0, 0.1) is 0 Å². The van der Waals surface area contributed by atoms with Gasteiger partial charge in [-0.2, -0.15) is 4.31 Å². The van der Waals surface area contributed by atoms with Crippen molar-refractivity contribution in [2.24, 2.45) is 0 Å². The summed E-state index contributed by atoms with van der Waals surface area (Å²) in [5.74, 6) is 0.700. The van der Waals surface area contributed by atoms with Gasteiger partial charge < -0.3 is 4.74 Å². The summed E-state index contributed by atoms with van der Waals surface area (Å²) >= 11 is 5.80. The zero-order valence-corrected chi connectivity index (χ0v) is 13.3. The van der Waals surface area contributed by atoms with E-state index in [2.05, 4.69) is 4.98 Å². The van der Waals surface area contributed by atoms with Crippen molar-refractivity contribution < 1.29 is 13.2 Å². The van der Waals surface area contributed by atoms with Gasteiger partial charge in [0.25, 0.3) is 0 Å². The first kappa shape index (κ1) is 15.3. The second-order valence-electron chi connectivity index (χ2n) is 5.03. The first-order valence-electron chi connectivity index (χ1n) is 6.88. The van der Waals surface area contributed by atoms with Crippen LogP contribution in [0.4, 0.5) is 0 Å². The molecule has 0 saturated carbocycles. The Morgan fingerprint density at radius 2 is 1.82 bits per heavy atom. The van der Waals surface area contributed by atoms with Crippen molar-refractivity contribution >= 4 is 21.6 Å². The summed E-state index contributed by atoms with van der Waals surface area (Å²) in [7, 11) is -3.50. The molecule has 1 aromatic heterocycles. The zero-order valence-electron chi connectivity index (χ0n) is 11.7. The van der Waals surface area contributed by atoms with E-state index in [9.17, 15) is 8.42 Å². The lowest BCUT2D eigenvalue weighted by molar-refractivity contribution is 0.215. The molecule has 116 valence electrons. The molecule has 0 radical (unpaired) electrons. The van der Waals surface area contributed by atoms with Crippen molar-refractivity contribution in [1.29, 1.82) is 0 Å². The Morgan fingerprint density at radius 3 is 2.50 bits per heavy atom. The fourth-order valence-electron chi connectivity index (χ4n) is 2.38. The lowest BCUT2D eigenvalue weighted by Gasteiger charge is -2.17. The minimum atomic E-state index is -3.50. The number of hydrogen-bond acceptors (Lipinski definition) is 4. The molecule has 0 aliphatic carbocycles. The van der Waals surface area contributed by atoms with Crippen molar-refractivity contribution in [3.63, 3.8) is 0 Å². The number of hydrogen-bond donors (Lipinski definition) is 0. The van der Waals surface area contributed by atoms with E-state index in [0.717, 1.165) is 0 Å². The Labute approximate surface area is 134 Å². The fourth-order valence-corrected chi connectivity index (χ4v) is 3.99. The second-order valence-corrected chi connectivity index (χ2v) is 7.40. The van der Waals surface area contributed by atoms with Gasteiger partial charge in [-0.1, -0.05) is 11.6 Å². The Bertz CT molecular complexity index is 735. The molecule has 0 bridgehead atoms. The number of aromatic nitrogens is 1. The van der Waals surface area contributed by atoms with Crippen LogP contribution in [0.25, 0.3) is 0 Å². The topological polar surface area (TPSA) is 59.5 Å². The third-order valence-electron chi connectivity index (χ3n) is 3.51. The summed E-state index contributed by atoms with van der Waals surface area (Å²) in [4.78, 5) is 4.18. The monoisotopic (exact) mass is 338 g/mol. The second kappa shape index (κ2) is 6.24. The summed E-state index contributed by atoms with van der Waals surface area (Å²) in [5.41, 5.74) is 0. The van der Waals surface area contributed by atoms with Gasteiger partial charge in [-0.3, -0.25) is 4.98 Å². The average molecular weight is 339 g/mol.